The van der Waals surface area contributed by atoms with Gasteiger partial charge in [-0.25, -0.2) is 13.8 Å². The molecule has 2 atom stereocenters. The summed E-state index contributed by atoms with van der Waals surface area (Å²) in [5, 5.41) is 6.01. The Kier molecular flexibility index (Phi) is 4.84. The predicted octanol–water partition coefficient (Wildman–Crippen LogP) is 3.87. The summed E-state index contributed by atoms with van der Waals surface area (Å²) < 4.78 is 39.1. The van der Waals surface area contributed by atoms with Crippen molar-refractivity contribution in [3.05, 3.63) is 65.2 Å². The van der Waals surface area contributed by atoms with E-state index in [1.165, 1.54) is 23.9 Å². The standard InChI is InChI=1S/C20H18F2N2O3S/c1-12(26-2)19(25)24-20(9-10-27-17-6-4-3-5-15(17)20)28-18(23-24)14-11-13(21)7-8-16(14)22/h3-8,11-12H,9-10H2,1-2H3/t12-,20?/m0/s1. The Morgan fingerprint density at radius 3 is 2.89 bits per heavy atom. The van der Waals surface area contributed by atoms with E-state index in [2.05, 4.69) is 5.10 Å². The van der Waals surface area contributed by atoms with Crippen LogP contribution < -0.4 is 4.74 Å². The van der Waals surface area contributed by atoms with E-state index < -0.39 is 22.6 Å². The SMILES string of the molecule is CO[C@@H](C)C(=O)N1N=C(c2cc(F)ccc2F)SC12CCOc1ccccc12. The van der Waals surface area contributed by atoms with Gasteiger partial charge in [0.05, 0.1) is 6.61 Å². The summed E-state index contributed by atoms with van der Waals surface area (Å²) in [6, 6.07) is 10.6. The molecule has 146 valence electrons. The van der Waals surface area contributed by atoms with Crippen molar-refractivity contribution in [3.8, 4) is 5.75 Å². The van der Waals surface area contributed by atoms with Crippen LogP contribution in [-0.2, 0) is 14.4 Å². The third-order valence-corrected chi connectivity index (χ3v) is 6.30. The Balaban J connectivity index is 1.86. The number of carbonyl (C=O) groups excluding carboxylic acids is 1. The first kappa shape index (κ1) is 18.9. The number of amides is 1. The van der Waals surface area contributed by atoms with E-state index in [-0.39, 0.29) is 16.5 Å². The normalized spacial score (nSPS) is 21.9. The molecule has 0 N–H and O–H groups in total. The number of hydrogen-bond acceptors (Lipinski definition) is 5. The van der Waals surface area contributed by atoms with E-state index in [1.54, 1.807) is 6.92 Å². The fourth-order valence-electron chi connectivity index (χ4n) is 3.34. The molecular formula is C20H18F2N2O3S. The predicted molar refractivity (Wildman–Crippen MR) is 102 cm³/mol. The van der Waals surface area contributed by atoms with Crippen molar-refractivity contribution in [2.24, 2.45) is 5.10 Å². The molecule has 28 heavy (non-hydrogen) atoms. The lowest BCUT2D eigenvalue weighted by atomic mass is 9.98. The van der Waals surface area contributed by atoms with Crippen LogP contribution in [0.15, 0.2) is 47.6 Å². The van der Waals surface area contributed by atoms with E-state index in [0.717, 1.165) is 23.8 Å². The maximum Gasteiger partial charge on any atom is 0.273 e. The second-order valence-corrected chi connectivity index (χ2v) is 7.80. The number of halogens is 2. The average molecular weight is 404 g/mol. The Bertz CT molecular complexity index is 968. The molecule has 2 aliphatic heterocycles. The summed E-state index contributed by atoms with van der Waals surface area (Å²) in [7, 11) is 1.44. The van der Waals surface area contributed by atoms with Gasteiger partial charge >= 0.3 is 0 Å². The Labute approximate surface area is 165 Å². The number of nitrogens with zero attached hydrogens (tertiary/aromatic N) is 2. The Morgan fingerprint density at radius 2 is 2.11 bits per heavy atom. The van der Waals surface area contributed by atoms with Gasteiger partial charge in [0.1, 0.15) is 33.4 Å². The minimum absolute atomic E-state index is 0.0220. The van der Waals surface area contributed by atoms with Crippen LogP contribution in [0.4, 0.5) is 8.78 Å². The highest BCUT2D eigenvalue weighted by atomic mass is 32.2. The van der Waals surface area contributed by atoms with Gasteiger partial charge in [0.15, 0.2) is 0 Å². The number of hydrazone groups is 1. The topological polar surface area (TPSA) is 51.1 Å². The quantitative estimate of drug-likeness (QED) is 0.779. The van der Waals surface area contributed by atoms with Gasteiger partial charge in [-0.2, -0.15) is 5.10 Å². The van der Waals surface area contributed by atoms with E-state index in [0.29, 0.717) is 18.8 Å². The summed E-state index contributed by atoms with van der Waals surface area (Å²) in [4.78, 5) is 12.2. The van der Waals surface area contributed by atoms with Gasteiger partial charge in [0.25, 0.3) is 5.91 Å². The van der Waals surface area contributed by atoms with Crippen LogP contribution >= 0.6 is 11.8 Å². The van der Waals surface area contributed by atoms with Crippen molar-refractivity contribution in [3.63, 3.8) is 0 Å². The number of hydrogen-bond donors (Lipinski definition) is 0. The second-order valence-electron chi connectivity index (χ2n) is 6.54. The third-order valence-electron chi connectivity index (χ3n) is 4.87. The van der Waals surface area contributed by atoms with Crippen molar-refractivity contribution in [1.82, 2.24) is 5.01 Å². The zero-order valence-corrected chi connectivity index (χ0v) is 16.1. The molecule has 0 aliphatic carbocycles. The van der Waals surface area contributed by atoms with Crippen molar-refractivity contribution < 1.29 is 23.0 Å². The molecule has 5 nitrogen and oxygen atoms in total. The Morgan fingerprint density at radius 1 is 1.32 bits per heavy atom. The molecule has 1 amide bonds. The fraction of sp³-hybridized carbons (Fsp3) is 0.300. The van der Waals surface area contributed by atoms with Crippen LogP contribution in [0.25, 0.3) is 0 Å². The highest BCUT2D eigenvalue weighted by Gasteiger charge is 2.52. The van der Waals surface area contributed by atoms with Gasteiger partial charge in [-0.1, -0.05) is 30.0 Å². The molecule has 2 heterocycles. The maximum absolute atomic E-state index is 14.4. The molecule has 0 saturated heterocycles. The number of ether oxygens (including phenoxy) is 2. The average Bonchev–Trinajstić information content (AvgIpc) is 3.08. The summed E-state index contributed by atoms with van der Waals surface area (Å²) in [5.74, 6) is -0.896. The van der Waals surface area contributed by atoms with Gasteiger partial charge in [0, 0.05) is 24.7 Å². The molecule has 2 aliphatic rings. The molecule has 1 spiro atoms. The summed E-state index contributed by atoms with van der Waals surface area (Å²) in [6.45, 7) is 1.99. The van der Waals surface area contributed by atoms with Crippen molar-refractivity contribution in [2.75, 3.05) is 13.7 Å². The lowest BCUT2D eigenvalue weighted by Gasteiger charge is -2.40. The van der Waals surface area contributed by atoms with Crippen LogP contribution in [0.5, 0.6) is 5.75 Å². The van der Waals surface area contributed by atoms with Gasteiger partial charge in [-0.15, -0.1) is 0 Å². The highest BCUT2D eigenvalue weighted by molar-refractivity contribution is 8.15. The summed E-state index contributed by atoms with van der Waals surface area (Å²) in [6.07, 6.45) is -0.297. The van der Waals surface area contributed by atoms with Gasteiger partial charge in [-0.05, 0) is 31.2 Å². The summed E-state index contributed by atoms with van der Waals surface area (Å²) in [5.41, 5.74) is 0.784. The van der Waals surface area contributed by atoms with E-state index in [9.17, 15) is 13.6 Å². The number of thioether (sulfide) groups is 1. The van der Waals surface area contributed by atoms with Gasteiger partial charge < -0.3 is 9.47 Å². The van der Waals surface area contributed by atoms with E-state index in [4.69, 9.17) is 9.47 Å². The van der Waals surface area contributed by atoms with Crippen LogP contribution in [0.2, 0.25) is 0 Å². The molecule has 0 aromatic heterocycles. The molecule has 0 saturated carbocycles. The molecule has 8 heteroatoms. The molecule has 4 rings (SSSR count). The zero-order chi connectivity index (χ0) is 19.9. The van der Waals surface area contributed by atoms with Gasteiger partial charge in [-0.3, -0.25) is 4.79 Å². The first-order valence-corrected chi connectivity index (χ1v) is 9.60. The number of fused-ring (bicyclic) bond motifs is 2. The van der Waals surface area contributed by atoms with Crippen molar-refractivity contribution in [2.45, 2.75) is 24.3 Å². The molecule has 1 unspecified atom stereocenters. The molecule has 0 bridgehead atoms. The van der Waals surface area contributed by atoms with Crippen LogP contribution in [0.3, 0.4) is 0 Å². The second kappa shape index (κ2) is 7.18. The monoisotopic (exact) mass is 404 g/mol. The van der Waals surface area contributed by atoms with Crippen molar-refractivity contribution in [1.29, 1.82) is 0 Å². The molecule has 2 aromatic carbocycles. The largest absolute Gasteiger partial charge is 0.493 e. The van der Waals surface area contributed by atoms with Crippen LogP contribution in [0, 0.1) is 11.6 Å². The minimum atomic E-state index is -0.910. The van der Waals surface area contributed by atoms with Crippen LogP contribution in [-0.4, -0.2) is 35.8 Å². The first-order valence-electron chi connectivity index (χ1n) is 8.78. The molecule has 2 aromatic rings. The number of rotatable bonds is 3. The molecular weight excluding hydrogens is 386 g/mol. The van der Waals surface area contributed by atoms with Crippen molar-refractivity contribution >= 4 is 22.7 Å². The highest BCUT2D eigenvalue weighted by Crippen LogP contribution is 2.54. The third kappa shape index (κ3) is 2.97. The first-order chi connectivity index (χ1) is 13.5. The fourth-order valence-corrected chi connectivity index (χ4v) is 4.73. The van der Waals surface area contributed by atoms with E-state index in [1.807, 2.05) is 24.3 Å². The van der Waals surface area contributed by atoms with E-state index >= 15 is 0 Å². The summed E-state index contributed by atoms with van der Waals surface area (Å²) >= 11 is 1.23. The molecule has 0 fully saturated rings. The Hall–Kier alpha value is -2.45. The minimum Gasteiger partial charge on any atom is -0.493 e. The number of methoxy groups -OCH3 is 1. The maximum atomic E-state index is 14.4. The molecule has 0 radical (unpaired) electrons. The number of benzene rings is 2. The zero-order valence-electron chi connectivity index (χ0n) is 15.3. The number of para-hydroxylation sites is 1. The van der Waals surface area contributed by atoms with Crippen LogP contribution in [0.1, 0.15) is 24.5 Å². The van der Waals surface area contributed by atoms with Gasteiger partial charge in [0.2, 0.25) is 0 Å². The number of carbonyl (C=O) groups is 1. The smallest absolute Gasteiger partial charge is 0.273 e. The lowest BCUT2D eigenvalue weighted by Crippen LogP contribution is -2.48. The lowest BCUT2D eigenvalue weighted by molar-refractivity contribution is -0.145.